The standard InChI is InChI=1S/C13H22N4O4S/c14-17-13(20)9(7-22-11-3-1-2-6-21-11)16-12(19)8-4-5-10(18)15-8/h8-9,11H,1-7,14H2,(H,15,18)(H,16,19)(H,17,20)/t8-,9+,11+/m1/s1. The van der Waals surface area contributed by atoms with Crippen molar-refractivity contribution < 1.29 is 19.1 Å². The second-order valence-corrected chi connectivity index (χ2v) is 6.55. The average Bonchev–Trinajstić information content (AvgIpc) is 2.98. The largest absolute Gasteiger partial charge is 0.368 e. The monoisotopic (exact) mass is 330 g/mol. The number of thioether (sulfide) groups is 1. The van der Waals surface area contributed by atoms with Crippen LogP contribution in [0.4, 0.5) is 0 Å². The smallest absolute Gasteiger partial charge is 0.257 e. The number of hydrogen-bond donors (Lipinski definition) is 4. The number of nitrogens with one attached hydrogen (secondary N) is 3. The molecular formula is C13H22N4O4S. The van der Waals surface area contributed by atoms with Crippen molar-refractivity contribution in [2.24, 2.45) is 5.84 Å². The van der Waals surface area contributed by atoms with Crippen molar-refractivity contribution >= 4 is 29.5 Å². The van der Waals surface area contributed by atoms with Crippen LogP contribution < -0.4 is 21.9 Å². The predicted octanol–water partition coefficient (Wildman–Crippen LogP) is -1.00. The van der Waals surface area contributed by atoms with E-state index in [0.717, 1.165) is 25.9 Å². The molecule has 0 unspecified atom stereocenters. The predicted molar refractivity (Wildman–Crippen MR) is 81.5 cm³/mol. The fraction of sp³-hybridized carbons (Fsp3) is 0.769. The van der Waals surface area contributed by atoms with Crippen LogP contribution >= 0.6 is 11.8 Å². The maximum absolute atomic E-state index is 12.1. The maximum Gasteiger partial charge on any atom is 0.257 e. The Morgan fingerprint density at radius 2 is 2.23 bits per heavy atom. The minimum atomic E-state index is -0.745. The van der Waals surface area contributed by atoms with Crippen LogP contribution in [0.2, 0.25) is 0 Å². The van der Waals surface area contributed by atoms with Crippen LogP contribution in [0.15, 0.2) is 0 Å². The highest BCUT2D eigenvalue weighted by atomic mass is 32.2. The van der Waals surface area contributed by atoms with Crippen molar-refractivity contribution in [3.05, 3.63) is 0 Å². The second kappa shape index (κ2) is 8.35. The van der Waals surface area contributed by atoms with Crippen molar-refractivity contribution in [1.82, 2.24) is 16.1 Å². The molecule has 22 heavy (non-hydrogen) atoms. The first kappa shape index (κ1) is 17.0. The summed E-state index contributed by atoms with van der Waals surface area (Å²) in [5.41, 5.74) is 2.11. The molecule has 5 N–H and O–H groups in total. The summed E-state index contributed by atoms with van der Waals surface area (Å²) in [6, 6.07) is -1.32. The molecule has 3 atom stereocenters. The van der Waals surface area contributed by atoms with Crippen LogP contribution in [0.1, 0.15) is 32.1 Å². The highest BCUT2D eigenvalue weighted by molar-refractivity contribution is 7.99. The molecule has 2 saturated heterocycles. The van der Waals surface area contributed by atoms with E-state index in [9.17, 15) is 14.4 Å². The summed E-state index contributed by atoms with van der Waals surface area (Å²) in [7, 11) is 0. The van der Waals surface area contributed by atoms with Crippen LogP contribution in [0.3, 0.4) is 0 Å². The van der Waals surface area contributed by atoms with Crippen LogP contribution in [-0.4, -0.2) is 47.6 Å². The molecule has 0 aromatic carbocycles. The van der Waals surface area contributed by atoms with Gasteiger partial charge >= 0.3 is 0 Å². The number of ether oxygens (including phenoxy) is 1. The first-order chi connectivity index (χ1) is 10.6. The topological polar surface area (TPSA) is 123 Å². The van der Waals surface area contributed by atoms with E-state index < -0.39 is 18.0 Å². The number of amides is 3. The minimum absolute atomic E-state index is 0.0462. The van der Waals surface area contributed by atoms with Crippen LogP contribution in [0.25, 0.3) is 0 Å². The third kappa shape index (κ3) is 4.85. The molecule has 2 heterocycles. The van der Waals surface area contributed by atoms with Crippen molar-refractivity contribution in [1.29, 1.82) is 0 Å². The highest BCUT2D eigenvalue weighted by Crippen LogP contribution is 2.23. The normalized spacial score (nSPS) is 26.1. The van der Waals surface area contributed by atoms with Gasteiger partial charge in [0.15, 0.2) is 0 Å². The first-order valence-electron chi connectivity index (χ1n) is 7.43. The van der Waals surface area contributed by atoms with Crippen molar-refractivity contribution in [3.8, 4) is 0 Å². The maximum atomic E-state index is 12.1. The van der Waals surface area contributed by atoms with Gasteiger partial charge in [0.1, 0.15) is 17.5 Å². The summed E-state index contributed by atoms with van der Waals surface area (Å²) in [5, 5.41) is 5.22. The van der Waals surface area contributed by atoms with Crippen LogP contribution in [0.5, 0.6) is 0 Å². The average molecular weight is 330 g/mol. The van der Waals surface area contributed by atoms with Gasteiger partial charge in [0.2, 0.25) is 11.8 Å². The quantitative estimate of drug-likeness (QED) is 0.281. The molecular weight excluding hydrogens is 308 g/mol. The molecule has 8 nitrogen and oxygen atoms in total. The molecule has 0 aromatic rings. The van der Waals surface area contributed by atoms with E-state index in [1.54, 1.807) is 0 Å². The lowest BCUT2D eigenvalue weighted by atomic mass is 10.2. The molecule has 0 aromatic heterocycles. The van der Waals surface area contributed by atoms with Crippen LogP contribution in [-0.2, 0) is 19.1 Å². The highest BCUT2D eigenvalue weighted by Gasteiger charge is 2.30. The molecule has 0 aliphatic carbocycles. The van der Waals surface area contributed by atoms with E-state index in [1.807, 2.05) is 0 Å². The van der Waals surface area contributed by atoms with Crippen LogP contribution in [0, 0.1) is 0 Å². The zero-order chi connectivity index (χ0) is 15.9. The molecule has 2 fully saturated rings. The van der Waals surface area contributed by atoms with E-state index in [0.29, 0.717) is 18.6 Å². The fourth-order valence-corrected chi connectivity index (χ4v) is 3.58. The zero-order valence-corrected chi connectivity index (χ0v) is 13.1. The van der Waals surface area contributed by atoms with E-state index in [-0.39, 0.29) is 17.3 Å². The van der Waals surface area contributed by atoms with E-state index in [2.05, 4.69) is 16.1 Å². The third-order valence-corrected chi connectivity index (χ3v) is 4.94. The SMILES string of the molecule is NNC(=O)[C@H](CS[C@H]1CCCCO1)NC(=O)[C@H]1CCC(=O)N1. The van der Waals surface area contributed by atoms with Gasteiger partial charge in [0, 0.05) is 18.8 Å². The second-order valence-electron chi connectivity index (χ2n) is 5.36. The fourth-order valence-electron chi connectivity index (χ4n) is 2.41. The Kier molecular flexibility index (Phi) is 6.47. The summed E-state index contributed by atoms with van der Waals surface area (Å²) in [4.78, 5) is 35.0. The van der Waals surface area contributed by atoms with Gasteiger partial charge < -0.3 is 15.4 Å². The summed E-state index contributed by atoms with van der Waals surface area (Å²) in [6.07, 6.45) is 3.87. The molecule has 0 bridgehead atoms. The van der Waals surface area contributed by atoms with Crippen molar-refractivity contribution in [3.63, 3.8) is 0 Å². The lowest BCUT2D eigenvalue weighted by Crippen LogP contribution is -2.54. The summed E-state index contributed by atoms with van der Waals surface area (Å²) in [6.45, 7) is 0.728. The number of nitrogens with two attached hydrogens (primary N) is 1. The van der Waals surface area contributed by atoms with Gasteiger partial charge in [-0.3, -0.25) is 19.8 Å². The minimum Gasteiger partial charge on any atom is -0.368 e. The molecule has 2 aliphatic rings. The van der Waals surface area contributed by atoms with Gasteiger partial charge in [0.05, 0.1) is 0 Å². The summed E-state index contributed by atoms with van der Waals surface area (Å²) in [5.74, 6) is 4.58. The Bertz CT molecular complexity index is 428. The van der Waals surface area contributed by atoms with Gasteiger partial charge in [-0.1, -0.05) is 0 Å². The summed E-state index contributed by atoms with van der Waals surface area (Å²) < 4.78 is 5.59. The number of rotatable bonds is 6. The Labute approximate surface area is 133 Å². The van der Waals surface area contributed by atoms with Gasteiger partial charge in [-0.2, -0.15) is 0 Å². The van der Waals surface area contributed by atoms with Gasteiger partial charge in [0.25, 0.3) is 5.91 Å². The van der Waals surface area contributed by atoms with Gasteiger partial charge in [-0.25, -0.2) is 5.84 Å². The van der Waals surface area contributed by atoms with E-state index in [1.165, 1.54) is 11.8 Å². The first-order valence-corrected chi connectivity index (χ1v) is 8.48. The molecule has 2 rings (SSSR count). The van der Waals surface area contributed by atoms with Gasteiger partial charge in [-0.15, -0.1) is 11.8 Å². The number of hydrazine groups is 1. The van der Waals surface area contributed by atoms with E-state index in [4.69, 9.17) is 10.6 Å². The third-order valence-electron chi connectivity index (χ3n) is 3.67. The lowest BCUT2D eigenvalue weighted by molar-refractivity contribution is -0.130. The Hall–Kier alpha value is -1.32. The van der Waals surface area contributed by atoms with Crippen molar-refractivity contribution in [2.75, 3.05) is 12.4 Å². The molecule has 2 aliphatic heterocycles. The number of carbonyl (C=O) groups excluding carboxylic acids is 3. The number of hydrogen-bond acceptors (Lipinski definition) is 6. The molecule has 0 radical (unpaired) electrons. The van der Waals surface area contributed by atoms with Gasteiger partial charge in [-0.05, 0) is 25.7 Å². The summed E-state index contributed by atoms with van der Waals surface area (Å²) >= 11 is 1.49. The molecule has 124 valence electrons. The number of carbonyl (C=O) groups is 3. The lowest BCUT2D eigenvalue weighted by Gasteiger charge is -2.25. The van der Waals surface area contributed by atoms with Crippen molar-refractivity contribution in [2.45, 2.75) is 49.6 Å². The van der Waals surface area contributed by atoms with E-state index >= 15 is 0 Å². The zero-order valence-electron chi connectivity index (χ0n) is 12.3. The molecule has 0 saturated carbocycles. The Morgan fingerprint density at radius 1 is 1.41 bits per heavy atom. The Morgan fingerprint density at radius 3 is 2.82 bits per heavy atom. The molecule has 3 amide bonds. The molecule has 9 heteroatoms. The Balaban J connectivity index is 1.84. The molecule has 0 spiro atoms.